The third kappa shape index (κ3) is 5.05. The van der Waals surface area contributed by atoms with Crippen molar-refractivity contribution in [1.29, 1.82) is 0 Å². The molecule has 1 unspecified atom stereocenters. The van der Waals surface area contributed by atoms with Crippen molar-refractivity contribution in [2.75, 3.05) is 19.6 Å². The monoisotopic (exact) mass is 330 g/mol. The summed E-state index contributed by atoms with van der Waals surface area (Å²) < 4.78 is 0. The van der Waals surface area contributed by atoms with Crippen LogP contribution in [0.4, 0.5) is 0 Å². The molecule has 1 aliphatic heterocycles. The van der Waals surface area contributed by atoms with Crippen LogP contribution in [0.1, 0.15) is 49.7 Å². The molecule has 1 heterocycles. The highest BCUT2D eigenvalue weighted by Crippen LogP contribution is 2.28. The molecule has 2 N–H and O–H groups in total. The summed E-state index contributed by atoms with van der Waals surface area (Å²) in [5.41, 5.74) is 2.78. The van der Waals surface area contributed by atoms with Gasteiger partial charge in [-0.1, -0.05) is 49.9 Å². The van der Waals surface area contributed by atoms with Crippen LogP contribution in [0.5, 0.6) is 0 Å². The van der Waals surface area contributed by atoms with Crippen LogP contribution in [0.2, 0.25) is 0 Å². The standard InChI is InChI=1S/C20H30N2O2/c23-19(13-21-20(24)10-9-16-5-1-2-6-16)15-22-12-11-17-7-3-4-8-18(17)14-22/h3-4,7-8,16,19,23H,1-2,5-6,9-15H2,(H,21,24). The topological polar surface area (TPSA) is 52.6 Å². The molecule has 1 aromatic rings. The van der Waals surface area contributed by atoms with Crippen molar-refractivity contribution >= 4 is 5.91 Å². The molecule has 1 aliphatic carbocycles. The highest BCUT2D eigenvalue weighted by molar-refractivity contribution is 5.75. The molecule has 1 amide bonds. The number of aliphatic hydroxyl groups is 1. The average Bonchev–Trinajstić information content (AvgIpc) is 3.11. The van der Waals surface area contributed by atoms with E-state index in [-0.39, 0.29) is 5.91 Å². The van der Waals surface area contributed by atoms with Crippen molar-refractivity contribution in [3.63, 3.8) is 0 Å². The number of nitrogens with one attached hydrogen (secondary N) is 1. The summed E-state index contributed by atoms with van der Waals surface area (Å²) in [5, 5.41) is 13.1. The van der Waals surface area contributed by atoms with Crippen LogP contribution in [-0.2, 0) is 17.8 Å². The summed E-state index contributed by atoms with van der Waals surface area (Å²) in [7, 11) is 0. The number of nitrogens with zero attached hydrogens (tertiary/aromatic N) is 1. The molecule has 3 rings (SSSR count). The number of fused-ring (bicyclic) bond motifs is 1. The van der Waals surface area contributed by atoms with Gasteiger partial charge in [-0.3, -0.25) is 9.69 Å². The lowest BCUT2D eigenvalue weighted by molar-refractivity contribution is -0.121. The molecular weight excluding hydrogens is 300 g/mol. The maximum atomic E-state index is 11.9. The zero-order chi connectivity index (χ0) is 16.8. The molecule has 1 atom stereocenters. The molecule has 4 nitrogen and oxygen atoms in total. The average molecular weight is 330 g/mol. The molecule has 0 aromatic heterocycles. The Kier molecular flexibility index (Phi) is 6.27. The summed E-state index contributed by atoms with van der Waals surface area (Å²) in [6.07, 6.45) is 7.37. The van der Waals surface area contributed by atoms with Gasteiger partial charge in [-0.25, -0.2) is 0 Å². The van der Waals surface area contributed by atoms with Gasteiger partial charge in [0.2, 0.25) is 5.91 Å². The summed E-state index contributed by atoms with van der Waals surface area (Å²) in [6, 6.07) is 8.51. The fourth-order valence-electron chi connectivity index (χ4n) is 4.03. The first-order valence-electron chi connectivity index (χ1n) is 9.44. The minimum atomic E-state index is -0.495. The van der Waals surface area contributed by atoms with Crippen molar-refractivity contribution in [3.05, 3.63) is 35.4 Å². The number of amides is 1. The zero-order valence-corrected chi connectivity index (χ0v) is 14.5. The van der Waals surface area contributed by atoms with E-state index in [4.69, 9.17) is 0 Å². The van der Waals surface area contributed by atoms with Crippen molar-refractivity contribution in [2.24, 2.45) is 5.92 Å². The molecule has 4 heteroatoms. The maximum absolute atomic E-state index is 11.9. The van der Waals surface area contributed by atoms with Gasteiger partial charge in [0.25, 0.3) is 0 Å². The van der Waals surface area contributed by atoms with Gasteiger partial charge in [-0.15, -0.1) is 0 Å². The molecule has 2 aliphatic rings. The van der Waals surface area contributed by atoms with E-state index in [1.807, 2.05) is 0 Å². The van der Waals surface area contributed by atoms with E-state index in [1.165, 1.54) is 36.8 Å². The van der Waals surface area contributed by atoms with E-state index < -0.39 is 6.10 Å². The Morgan fingerprint density at radius 2 is 2.00 bits per heavy atom. The summed E-state index contributed by atoms with van der Waals surface area (Å²) in [4.78, 5) is 14.2. The Labute approximate surface area is 145 Å². The maximum Gasteiger partial charge on any atom is 0.220 e. The van der Waals surface area contributed by atoms with Crippen LogP contribution in [-0.4, -0.2) is 41.7 Å². The van der Waals surface area contributed by atoms with Crippen LogP contribution in [0, 0.1) is 5.92 Å². The predicted octanol–water partition coefficient (Wildman–Crippen LogP) is 2.49. The first-order valence-corrected chi connectivity index (χ1v) is 9.44. The number of aliphatic hydroxyl groups excluding tert-OH is 1. The van der Waals surface area contributed by atoms with Crippen LogP contribution >= 0.6 is 0 Å². The van der Waals surface area contributed by atoms with Gasteiger partial charge in [0, 0.05) is 32.6 Å². The largest absolute Gasteiger partial charge is 0.390 e. The van der Waals surface area contributed by atoms with Crippen molar-refractivity contribution in [3.8, 4) is 0 Å². The lowest BCUT2D eigenvalue weighted by atomic mass is 10.00. The second-order valence-corrected chi connectivity index (χ2v) is 7.40. The van der Waals surface area contributed by atoms with Gasteiger partial charge in [0.15, 0.2) is 0 Å². The second-order valence-electron chi connectivity index (χ2n) is 7.40. The molecule has 1 fully saturated rings. The van der Waals surface area contributed by atoms with Gasteiger partial charge >= 0.3 is 0 Å². The van der Waals surface area contributed by atoms with Gasteiger partial charge < -0.3 is 10.4 Å². The highest BCUT2D eigenvalue weighted by Gasteiger charge is 2.19. The Morgan fingerprint density at radius 3 is 2.79 bits per heavy atom. The van der Waals surface area contributed by atoms with E-state index in [9.17, 15) is 9.90 Å². The highest BCUT2D eigenvalue weighted by atomic mass is 16.3. The lowest BCUT2D eigenvalue weighted by Crippen LogP contribution is -2.42. The smallest absolute Gasteiger partial charge is 0.220 e. The third-order valence-electron chi connectivity index (χ3n) is 5.47. The van der Waals surface area contributed by atoms with Crippen LogP contribution in [0.15, 0.2) is 24.3 Å². The summed E-state index contributed by atoms with van der Waals surface area (Å²) in [5.74, 6) is 0.832. The molecule has 24 heavy (non-hydrogen) atoms. The molecule has 0 spiro atoms. The molecular formula is C20H30N2O2. The number of hydrogen-bond acceptors (Lipinski definition) is 3. The van der Waals surface area contributed by atoms with Crippen molar-refractivity contribution < 1.29 is 9.90 Å². The number of carbonyl (C=O) groups is 1. The third-order valence-corrected chi connectivity index (χ3v) is 5.47. The van der Waals surface area contributed by atoms with Gasteiger partial charge in [0.1, 0.15) is 0 Å². The van der Waals surface area contributed by atoms with Crippen LogP contribution in [0.3, 0.4) is 0 Å². The molecule has 132 valence electrons. The van der Waals surface area contributed by atoms with Crippen molar-refractivity contribution in [1.82, 2.24) is 10.2 Å². The molecule has 1 saturated carbocycles. The minimum Gasteiger partial charge on any atom is -0.390 e. The van der Waals surface area contributed by atoms with Crippen molar-refractivity contribution in [2.45, 2.75) is 57.6 Å². The summed E-state index contributed by atoms with van der Waals surface area (Å²) >= 11 is 0. The van der Waals surface area contributed by atoms with E-state index in [1.54, 1.807) is 0 Å². The van der Waals surface area contributed by atoms with Gasteiger partial charge in [0.05, 0.1) is 6.10 Å². The fourth-order valence-corrected chi connectivity index (χ4v) is 4.03. The van der Waals surface area contributed by atoms with Crippen LogP contribution in [0.25, 0.3) is 0 Å². The molecule has 0 radical (unpaired) electrons. The quantitative estimate of drug-likeness (QED) is 0.808. The van der Waals surface area contributed by atoms with Gasteiger partial charge in [-0.05, 0) is 29.9 Å². The number of benzene rings is 1. The Bertz CT molecular complexity index is 540. The minimum absolute atomic E-state index is 0.0879. The van der Waals surface area contributed by atoms with Crippen LogP contribution < -0.4 is 5.32 Å². The molecule has 0 bridgehead atoms. The van der Waals surface area contributed by atoms with E-state index in [0.717, 1.165) is 31.8 Å². The number of carbonyl (C=O) groups excluding carboxylic acids is 1. The Hall–Kier alpha value is -1.39. The van der Waals surface area contributed by atoms with E-state index >= 15 is 0 Å². The fraction of sp³-hybridized carbons (Fsp3) is 0.650. The van der Waals surface area contributed by atoms with E-state index in [0.29, 0.717) is 19.5 Å². The number of β-amino-alcohol motifs (C(OH)–C–C–N with tert-alkyl or cyclic N) is 1. The molecule has 0 saturated heterocycles. The first-order chi connectivity index (χ1) is 11.7. The van der Waals surface area contributed by atoms with Gasteiger partial charge in [-0.2, -0.15) is 0 Å². The SMILES string of the molecule is O=C(CCC1CCCC1)NCC(O)CN1CCc2ccccc2C1. The lowest BCUT2D eigenvalue weighted by Gasteiger charge is -2.30. The predicted molar refractivity (Wildman–Crippen MR) is 95.6 cm³/mol. The Morgan fingerprint density at radius 1 is 1.25 bits per heavy atom. The first kappa shape index (κ1) is 17.4. The normalized spacial score (nSPS) is 19.9. The van der Waals surface area contributed by atoms with E-state index in [2.05, 4.69) is 34.5 Å². The zero-order valence-electron chi connectivity index (χ0n) is 14.5. The number of rotatable bonds is 7. The number of hydrogen-bond donors (Lipinski definition) is 2. The second kappa shape index (κ2) is 8.63. The molecule has 1 aromatic carbocycles. The summed E-state index contributed by atoms with van der Waals surface area (Å²) in [6.45, 7) is 2.85. The Balaban J connectivity index is 1.34.